The van der Waals surface area contributed by atoms with E-state index in [1.54, 1.807) is 0 Å². The number of anilines is 2. The monoisotopic (exact) mass is 530 g/mol. The van der Waals surface area contributed by atoms with E-state index >= 15 is 0 Å². The lowest BCUT2D eigenvalue weighted by molar-refractivity contribution is 0.101. The number of carbonyl (C=O) groups is 2. The third-order valence-electron chi connectivity index (χ3n) is 8.43. The van der Waals surface area contributed by atoms with Crippen molar-refractivity contribution in [3.05, 3.63) is 129 Å². The van der Waals surface area contributed by atoms with E-state index in [4.69, 9.17) is 0 Å². The maximum atomic E-state index is 12.9. The summed E-state index contributed by atoms with van der Waals surface area (Å²) in [5.74, 6) is -0.183. The summed E-state index contributed by atoms with van der Waals surface area (Å²) in [6.45, 7) is 8.36. The van der Waals surface area contributed by atoms with Crippen LogP contribution in [0.4, 0.5) is 11.4 Å². The van der Waals surface area contributed by atoms with Crippen LogP contribution in [0.25, 0.3) is 0 Å². The number of nitrogens with one attached hydrogen (secondary N) is 2. The molecule has 0 bridgehead atoms. The number of rotatable bonds is 6. The summed E-state index contributed by atoms with van der Waals surface area (Å²) in [6.07, 6.45) is 5.75. The van der Waals surface area contributed by atoms with Crippen LogP contribution in [-0.2, 0) is 5.41 Å². The highest BCUT2D eigenvalue weighted by atomic mass is 16.2. The minimum atomic E-state index is -0.104. The van der Waals surface area contributed by atoms with Crippen LogP contribution in [0.2, 0.25) is 0 Å². The molecule has 1 saturated carbocycles. The van der Waals surface area contributed by atoms with Gasteiger partial charge in [-0.3, -0.25) is 9.59 Å². The van der Waals surface area contributed by atoms with Gasteiger partial charge < -0.3 is 10.6 Å². The second-order valence-electron chi connectivity index (χ2n) is 11.3. The van der Waals surface area contributed by atoms with Gasteiger partial charge in [-0.25, -0.2) is 0 Å². The second kappa shape index (κ2) is 11.5. The lowest BCUT2D eigenvalue weighted by atomic mass is 9.64. The molecular weight excluding hydrogens is 492 g/mol. The van der Waals surface area contributed by atoms with Crippen LogP contribution in [0.15, 0.2) is 84.9 Å². The van der Waals surface area contributed by atoms with Crippen molar-refractivity contribution in [1.82, 2.24) is 0 Å². The summed E-state index contributed by atoms with van der Waals surface area (Å²) >= 11 is 0. The van der Waals surface area contributed by atoms with Gasteiger partial charge in [0.25, 0.3) is 11.8 Å². The lowest BCUT2D eigenvalue weighted by Crippen LogP contribution is -2.31. The topological polar surface area (TPSA) is 58.2 Å². The van der Waals surface area contributed by atoms with E-state index in [0.717, 1.165) is 46.5 Å². The zero-order chi connectivity index (χ0) is 28.3. The Morgan fingerprint density at radius 3 is 1.25 bits per heavy atom. The first-order chi connectivity index (χ1) is 19.3. The van der Waals surface area contributed by atoms with E-state index in [1.165, 1.54) is 30.4 Å². The smallest absolute Gasteiger partial charge is 0.255 e. The van der Waals surface area contributed by atoms with Crippen LogP contribution in [0.3, 0.4) is 0 Å². The molecule has 4 nitrogen and oxygen atoms in total. The minimum absolute atomic E-state index is 0.0914. The van der Waals surface area contributed by atoms with E-state index < -0.39 is 0 Å². The molecule has 0 heterocycles. The second-order valence-corrected chi connectivity index (χ2v) is 11.3. The fourth-order valence-corrected chi connectivity index (χ4v) is 6.32. The molecule has 0 aliphatic heterocycles. The molecule has 1 aliphatic carbocycles. The molecule has 2 N–H and O–H groups in total. The van der Waals surface area contributed by atoms with Crippen molar-refractivity contribution in [3.8, 4) is 0 Å². The molecule has 0 radical (unpaired) electrons. The Bertz CT molecular complexity index is 1380. The summed E-state index contributed by atoms with van der Waals surface area (Å²) in [5.41, 5.74) is 9.87. The Hall–Kier alpha value is -4.18. The van der Waals surface area contributed by atoms with Crippen LogP contribution < -0.4 is 10.6 Å². The molecular formula is C36H38N2O2. The highest BCUT2D eigenvalue weighted by molar-refractivity contribution is 6.05. The van der Waals surface area contributed by atoms with Crippen molar-refractivity contribution in [3.63, 3.8) is 0 Å². The van der Waals surface area contributed by atoms with Gasteiger partial charge in [-0.2, -0.15) is 0 Å². The third kappa shape index (κ3) is 5.44. The molecule has 204 valence electrons. The number of carbonyl (C=O) groups excluding carboxylic acids is 2. The zero-order valence-electron chi connectivity index (χ0n) is 23.9. The van der Waals surface area contributed by atoms with Gasteiger partial charge in [-0.05, 0) is 98.2 Å². The highest BCUT2D eigenvalue weighted by Gasteiger charge is 2.37. The molecule has 5 rings (SSSR count). The van der Waals surface area contributed by atoms with Gasteiger partial charge in [-0.15, -0.1) is 0 Å². The van der Waals surface area contributed by atoms with Gasteiger partial charge in [0.05, 0.1) is 0 Å². The van der Waals surface area contributed by atoms with Crippen LogP contribution in [0, 0.1) is 27.7 Å². The first kappa shape index (κ1) is 27.4. The summed E-state index contributed by atoms with van der Waals surface area (Å²) < 4.78 is 0. The lowest BCUT2D eigenvalue weighted by Gasteiger charge is -2.40. The average molecular weight is 531 g/mol. The zero-order valence-corrected chi connectivity index (χ0v) is 23.9. The number of hydrogen-bond acceptors (Lipinski definition) is 2. The van der Waals surface area contributed by atoms with Gasteiger partial charge in [0.2, 0.25) is 0 Å². The highest BCUT2D eigenvalue weighted by Crippen LogP contribution is 2.47. The molecule has 0 aromatic heterocycles. The first-order valence-corrected chi connectivity index (χ1v) is 14.2. The molecule has 4 aromatic carbocycles. The molecule has 2 amide bonds. The van der Waals surface area contributed by atoms with Crippen LogP contribution >= 0.6 is 0 Å². The van der Waals surface area contributed by atoms with E-state index in [9.17, 15) is 9.59 Å². The SMILES string of the molecule is Cc1cc(C2(c3cc(C)c(NC(=O)c4ccccc4)c(C)c3)CCCCC2)cc(C)c1NC(=O)c1ccccc1. The summed E-state index contributed by atoms with van der Waals surface area (Å²) in [4.78, 5) is 25.8. The van der Waals surface area contributed by atoms with E-state index in [2.05, 4.69) is 62.6 Å². The van der Waals surface area contributed by atoms with Gasteiger partial charge in [0, 0.05) is 27.9 Å². The van der Waals surface area contributed by atoms with Gasteiger partial charge in [-0.1, -0.05) is 79.9 Å². The van der Waals surface area contributed by atoms with Crippen molar-refractivity contribution >= 4 is 23.2 Å². The Labute approximate surface area is 237 Å². The quantitative estimate of drug-likeness (QED) is 0.262. The Kier molecular flexibility index (Phi) is 7.88. The number of amides is 2. The summed E-state index contributed by atoms with van der Waals surface area (Å²) in [5, 5.41) is 6.31. The fourth-order valence-electron chi connectivity index (χ4n) is 6.32. The standard InChI is InChI=1S/C36H38N2O2/c1-24-20-30(21-25(2)32(24)37-34(39)28-14-8-5-9-15-28)36(18-12-7-13-19-36)31-22-26(3)33(27(4)23-31)38-35(40)29-16-10-6-11-17-29/h5-6,8-11,14-17,20-23H,7,12-13,18-19H2,1-4H3,(H,37,39)(H,38,40). The third-order valence-corrected chi connectivity index (χ3v) is 8.43. The molecule has 0 spiro atoms. The molecule has 0 unspecified atom stereocenters. The van der Waals surface area contributed by atoms with E-state index in [0.29, 0.717) is 11.1 Å². The minimum Gasteiger partial charge on any atom is -0.322 e. The van der Waals surface area contributed by atoms with Gasteiger partial charge in [0.1, 0.15) is 0 Å². The molecule has 0 saturated heterocycles. The van der Waals surface area contributed by atoms with Crippen molar-refractivity contribution < 1.29 is 9.59 Å². The van der Waals surface area contributed by atoms with Crippen molar-refractivity contribution in [2.75, 3.05) is 10.6 Å². The fraction of sp³-hybridized carbons (Fsp3) is 0.278. The number of aryl methyl sites for hydroxylation is 4. The van der Waals surface area contributed by atoms with Crippen LogP contribution in [0.1, 0.15) is 86.2 Å². The van der Waals surface area contributed by atoms with Crippen molar-refractivity contribution in [2.45, 2.75) is 65.2 Å². The van der Waals surface area contributed by atoms with Crippen molar-refractivity contribution in [1.29, 1.82) is 0 Å². The van der Waals surface area contributed by atoms with E-state index in [1.807, 2.05) is 60.7 Å². The van der Waals surface area contributed by atoms with E-state index in [-0.39, 0.29) is 17.2 Å². The van der Waals surface area contributed by atoms with Crippen LogP contribution in [-0.4, -0.2) is 11.8 Å². The van der Waals surface area contributed by atoms with Crippen molar-refractivity contribution in [2.24, 2.45) is 0 Å². The number of hydrogen-bond donors (Lipinski definition) is 2. The Balaban J connectivity index is 1.49. The van der Waals surface area contributed by atoms with Gasteiger partial charge in [0.15, 0.2) is 0 Å². The predicted octanol–water partition coefficient (Wildman–Crippen LogP) is 8.68. The summed E-state index contributed by atoms with van der Waals surface area (Å²) in [6, 6.07) is 27.8. The molecule has 1 fully saturated rings. The maximum Gasteiger partial charge on any atom is 0.255 e. The van der Waals surface area contributed by atoms with Gasteiger partial charge >= 0.3 is 0 Å². The van der Waals surface area contributed by atoms with Crippen LogP contribution in [0.5, 0.6) is 0 Å². The molecule has 40 heavy (non-hydrogen) atoms. The molecule has 1 aliphatic rings. The largest absolute Gasteiger partial charge is 0.322 e. The molecule has 4 aromatic rings. The Morgan fingerprint density at radius 1 is 0.550 bits per heavy atom. The average Bonchev–Trinajstić information content (AvgIpc) is 2.97. The first-order valence-electron chi connectivity index (χ1n) is 14.2. The maximum absolute atomic E-state index is 12.9. The number of benzene rings is 4. The predicted molar refractivity (Wildman–Crippen MR) is 164 cm³/mol. The Morgan fingerprint density at radius 2 is 0.900 bits per heavy atom. The summed E-state index contributed by atoms with van der Waals surface area (Å²) in [7, 11) is 0. The normalized spacial score (nSPS) is 14.4. The molecule has 0 atom stereocenters. The molecule has 4 heteroatoms.